The first-order valence-corrected chi connectivity index (χ1v) is 13.0. The highest BCUT2D eigenvalue weighted by Gasteiger charge is 2.20. The van der Waals surface area contributed by atoms with Gasteiger partial charge in [0, 0.05) is 37.7 Å². The van der Waals surface area contributed by atoms with Gasteiger partial charge in [-0.25, -0.2) is 4.98 Å². The quantitative estimate of drug-likeness (QED) is 0.412. The van der Waals surface area contributed by atoms with Gasteiger partial charge in [-0.2, -0.15) is 5.26 Å². The first-order valence-electron chi connectivity index (χ1n) is 13.0. The van der Waals surface area contributed by atoms with E-state index in [1.165, 1.54) is 5.56 Å². The van der Waals surface area contributed by atoms with Gasteiger partial charge in [0.25, 0.3) is 0 Å². The number of benzene rings is 2. The molecule has 2 fully saturated rings. The molecular weight excluding hydrogens is 462 g/mol. The highest BCUT2D eigenvalue weighted by atomic mass is 16.5. The molecule has 1 N–H and O–H groups in total. The second-order valence-electron chi connectivity index (χ2n) is 9.86. The number of nitriles is 1. The van der Waals surface area contributed by atoms with Gasteiger partial charge in [-0.1, -0.05) is 36.4 Å². The van der Waals surface area contributed by atoms with Crippen LogP contribution < -0.4 is 10.1 Å². The number of imidazole rings is 1. The van der Waals surface area contributed by atoms with Gasteiger partial charge in [-0.3, -0.25) is 9.30 Å². The molecule has 6 rings (SSSR count). The molecule has 188 valence electrons. The molecule has 2 aromatic carbocycles. The molecule has 7 heteroatoms. The number of hydrogen-bond donors (Lipinski definition) is 1. The fraction of sp³-hybridized carbons (Fsp3) is 0.333. The third-order valence-electron chi connectivity index (χ3n) is 7.36. The second kappa shape index (κ2) is 10.7. The summed E-state index contributed by atoms with van der Waals surface area (Å²) in [5.41, 5.74) is 7.15. The number of aromatic nitrogens is 2. The van der Waals surface area contributed by atoms with Crippen molar-refractivity contribution in [1.29, 1.82) is 5.26 Å². The van der Waals surface area contributed by atoms with Crippen molar-refractivity contribution >= 4 is 5.52 Å². The molecule has 7 nitrogen and oxygen atoms in total. The van der Waals surface area contributed by atoms with E-state index < -0.39 is 0 Å². The van der Waals surface area contributed by atoms with E-state index in [-0.39, 0.29) is 0 Å². The Kier molecular flexibility index (Phi) is 6.87. The van der Waals surface area contributed by atoms with Gasteiger partial charge in [0.2, 0.25) is 0 Å². The van der Waals surface area contributed by atoms with Crippen molar-refractivity contribution < 1.29 is 9.47 Å². The molecule has 0 saturated carbocycles. The number of nitrogens with zero attached hydrogens (tertiary/aromatic N) is 4. The molecule has 4 aromatic rings. The maximum Gasteiger partial charge on any atom is 0.145 e. The van der Waals surface area contributed by atoms with E-state index >= 15 is 0 Å². The minimum Gasteiger partial charge on any atom is -0.491 e. The number of fused-ring (bicyclic) bond motifs is 1. The number of rotatable bonds is 7. The van der Waals surface area contributed by atoms with Crippen LogP contribution in [0.15, 0.2) is 67.1 Å². The average Bonchev–Trinajstić information content (AvgIpc) is 3.65. The Morgan fingerprint density at radius 3 is 2.57 bits per heavy atom. The topological polar surface area (TPSA) is 74.8 Å². The van der Waals surface area contributed by atoms with Gasteiger partial charge in [-0.05, 0) is 47.9 Å². The van der Waals surface area contributed by atoms with Crippen LogP contribution in [0, 0.1) is 17.2 Å². The lowest BCUT2D eigenvalue weighted by Crippen LogP contribution is -2.35. The van der Waals surface area contributed by atoms with Gasteiger partial charge < -0.3 is 14.8 Å². The highest BCUT2D eigenvalue weighted by Crippen LogP contribution is 2.38. The van der Waals surface area contributed by atoms with E-state index in [1.54, 1.807) is 0 Å². The van der Waals surface area contributed by atoms with Crippen molar-refractivity contribution in [1.82, 2.24) is 19.6 Å². The highest BCUT2D eigenvalue weighted by molar-refractivity contribution is 5.86. The van der Waals surface area contributed by atoms with E-state index in [1.807, 2.05) is 36.8 Å². The van der Waals surface area contributed by atoms with Gasteiger partial charge in [0.1, 0.15) is 11.3 Å². The molecule has 0 aliphatic carbocycles. The lowest BCUT2D eigenvalue weighted by molar-refractivity contribution is 0.0342. The molecule has 2 saturated heterocycles. The third kappa shape index (κ3) is 5.09. The zero-order chi connectivity index (χ0) is 25.0. The molecule has 2 aliphatic heterocycles. The Morgan fingerprint density at radius 2 is 1.84 bits per heavy atom. The summed E-state index contributed by atoms with van der Waals surface area (Å²) in [7, 11) is 0. The monoisotopic (exact) mass is 493 g/mol. The molecule has 1 atom stereocenters. The van der Waals surface area contributed by atoms with Crippen LogP contribution in [0.25, 0.3) is 27.9 Å². The second-order valence-corrected chi connectivity index (χ2v) is 9.86. The minimum atomic E-state index is 0.514. The van der Waals surface area contributed by atoms with Crippen LogP contribution in [0.2, 0.25) is 0 Å². The number of morpholine rings is 1. The number of pyridine rings is 1. The van der Waals surface area contributed by atoms with Crippen LogP contribution in [0.3, 0.4) is 0 Å². The van der Waals surface area contributed by atoms with E-state index in [0.29, 0.717) is 18.1 Å². The van der Waals surface area contributed by atoms with Crippen LogP contribution in [0.5, 0.6) is 5.75 Å². The zero-order valence-corrected chi connectivity index (χ0v) is 20.9. The van der Waals surface area contributed by atoms with Crippen LogP contribution in [0.1, 0.15) is 17.5 Å². The summed E-state index contributed by atoms with van der Waals surface area (Å²) in [6, 6.07) is 20.9. The molecule has 2 aromatic heterocycles. The van der Waals surface area contributed by atoms with Crippen LogP contribution in [-0.2, 0) is 11.3 Å². The summed E-state index contributed by atoms with van der Waals surface area (Å²) < 4.78 is 14.0. The van der Waals surface area contributed by atoms with Crippen molar-refractivity contribution in [2.75, 3.05) is 46.0 Å². The molecule has 0 unspecified atom stereocenters. The van der Waals surface area contributed by atoms with E-state index in [4.69, 9.17) is 9.47 Å². The van der Waals surface area contributed by atoms with E-state index in [0.717, 1.165) is 86.0 Å². The van der Waals surface area contributed by atoms with Crippen molar-refractivity contribution in [3.05, 3.63) is 78.2 Å². The predicted molar refractivity (Wildman–Crippen MR) is 143 cm³/mol. The van der Waals surface area contributed by atoms with Crippen LogP contribution >= 0.6 is 0 Å². The van der Waals surface area contributed by atoms with Gasteiger partial charge in [-0.15, -0.1) is 0 Å². The molecule has 4 heterocycles. The van der Waals surface area contributed by atoms with Crippen LogP contribution in [-0.4, -0.2) is 60.3 Å². The summed E-state index contributed by atoms with van der Waals surface area (Å²) in [6.07, 6.45) is 4.87. The average molecular weight is 494 g/mol. The largest absolute Gasteiger partial charge is 0.491 e. The molecule has 0 amide bonds. The number of ether oxygens (including phenoxy) is 2. The first-order chi connectivity index (χ1) is 18.3. The van der Waals surface area contributed by atoms with Crippen molar-refractivity contribution in [2.24, 2.45) is 5.92 Å². The Labute approximate surface area is 217 Å². The van der Waals surface area contributed by atoms with Gasteiger partial charge in [0.05, 0.1) is 49.7 Å². The van der Waals surface area contributed by atoms with Gasteiger partial charge >= 0.3 is 0 Å². The smallest absolute Gasteiger partial charge is 0.145 e. The Hall–Kier alpha value is -3.70. The summed E-state index contributed by atoms with van der Waals surface area (Å²) in [6.45, 7) is 7.19. The van der Waals surface area contributed by atoms with Crippen molar-refractivity contribution in [3.63, 3.8) is 0 Å². The summed E-state index contributed by atoms with van der Waals surface area (Å²) in [5, 5.41) is 12.7. The summed E-state index contributed by atoms with van der Waals surface area (Å²) in [5.74, 6) is 1.34. The fourth-order valence-electron chi connectivity index (χ4n) is 5.26. The third-order valence-corrected chi connectivity index (χ3v) is 7.36. The molecular formula is C30H31N5O2. The molecule has 37 heavy (non-hydrogen) atoms. The molecule has 0 radical (unpaired) electrons. The van der Waals surface area contributed by atoms with E-state index in [2.05, 4.69) is 56.0 Å². The number of hydrogen-bond acceptors (Lipinski definition) is 6. The molecule has 2 aliphatic rings. The first kappa shape index (κ1) is 23.7. The molecule has 0 spiro atoms. The molecule has 0 bridgehead atoms. The fourth-order valence-corrected chi connectivity index (χ4v) is 5.26. The maximum absolute atomic E-state index is 9.31. The lowest BCUT2D eigenvalue weighted by Gasteiger charge is -2.26. The number of nitrogens with one attached hydrogen (secondary N) is 1. The standard InChI is InChI=1S/C30H31N5O2/c31-16-22-1-5-25(6-2-22)27-15-29(37-20-24-9-10-32-17-24)28-18-33-21-35(28)30(27)26-7-3-23(4-8-26)19-34-11-13-36-14-12-34/h1-8,15,18,21,24,32H,9-14,17,19-20H2/t24-/m1/s1. The predicted octanol–water partition coefficient (Wildman–Crippen LogP) is 4.36. The zero-order valence-electron chi connectivity index (χ0n) is 20.9. The Bertz CT molecular complexity index is 1390. The van der Waals surface area contributed by atoms with E-state index in [9.17, 15) is 5.26 Å². The van der Waals surface area contributed by atoms with Crippen molar-refractivity contribution in [3.8, 4) is 34.2 Å². The Morgan fingerprint density at radius 1 is 1.05 bits per heavy atom. The SMILES string of the molecule is N#Cc1ccc(-c2cc(OC[C@@H]3CCNC3)c3cncn3c2-c2ccc(CN3CCOCC3)cc2)cc1. The Balaban J connectivity index is 1.39. The summed E-state index contributed by atoms with van der Waals surface area (Å²) >= 11 is 0. The summed E-state index contributed by atoms with van der Waals surface area (Å²) in [4.78, 5) is 6.93. The minimum absolute atomic E-state index is 0.514. The van der Waals surface area contributed by atoms with Crippen molar-refractivity contribution in [2.45, 2.75) is 13.0 Å². The maximum atomic E-state index is 9.31. The van der Waals surface area contributed by atoms with Gasteiger partial charge in [0.15, 0.2) is 0 Å². The lowest BCUT2D eigenvalue weighted by atomic mass is 9.97. The normalized spacial score (nSPS) is 18.2. The van der Waals surface area contributed by atoms with Crippen LogP contribution in [0.4, 0.5) is 0 Å².